The first-order valence-corrected chi connectivity index (χ1v) is 33.0. The molecule has 0 aliphatic rings. The van der Waals surface area contributed by atoms with Crippen LogP contribution in [0.15, 0.2) is 279 Å². The first kappa shape index (κ1) is 58.3. The summed E-state index contributed by atoms with van der Waals surface area (Å²) in [5.74, 6) is 0. The largest absolute Gasteiger partial charge is 0.309 e. The maximum atomic E-state index is 12.6. The summed E-state index contributed by atoms with van der Waals surface area (Å²) in [6.45, 7) is 4.06. The molecule has 13 aromatic carbocycles. The number of para-hydroxylation sites is 4. The fourth-order valence-corrected chi connectivity index (χ4v) is 15.6. The highest BCUT2D eigenvalue weighted by molar-refractivity contribution is 6.15. The van der Waals surface area contributed by atoms with Crippen LogP contribution in [0.25, 0.3) is 166 Å². The lowest BCUT2D eigenvalue weighted by molar-refractivity contribution is 1.13. The predicted octanol–water partition coefficient (Wildman–Crippen LogP) is 21.8. The molecule has 18 aromatic rings. The Morgan fingerprint density at radius 1 is 0.250 bits per heavy atom. The van der Waals surface area contributed by atoms with Gasteiger partial charge in [0.25, 0.3) is 0 Å². The lowest BCUT2D eigenvalue weighted by Crippen LogP contribution is -2.04. The SMILES string of the molecule is Cc1ccc(-c2c(-c3ccc(-n4c5ccccc5c5cc(C#N)ccc54)cc3)c(C#N)c(-c3ccc(-n4c5ccccc5c5cc(C#N)ccc54)cc3)c(-c3ccc(-n4c5ccccc5c5cc(C#N)ccc54)cc3)c2-c2ccc(-n3c4ccccc4c4cc(C#N)ccc43)cc2)c(C)n1. The van der Waals surface area contributed by atoms with Crippen LogP contribution in [0.4, 0.5) is 0 Å². The van der Waals surface area contributed by atoms with Crippen molar-refractivity contribution in [2.24, 2.45) is 0 Å². The number of hydrogen-bond donors (Lipinski definition) is 0. The second kappa shape index (κ2) is 23.0. The number of fused-ring (bicyclic) bond motifs is 12. The Morgan fingerprint density at radius 3 is 0.810 bits per heavy atom. The van der Waals surface area contributed by atoms with Crippen molar-refractivity contribution in [3.63, 3.8) is 0 Å². The van der Waals surface area contributed by atoms with Gasteiger partial charge in [-0.3, -0.25) is 4.98 Å². The lowest BCUT2D eigenvalue weighted by Gasteiger charge is -2.27. The normalized spacial score (nSPS) is 11.4. The molecule has 0 atom stereocenters. The molecule has 0 radical (unpaired) electrons. The van der Waals surface area contributed by atoms with Gasteiger partial charge < -0.3 is 18.3 Å². The first-order chi connectivity index (χ1) is 49.2. The van der Waals surface area contributed by atoms with E-state index >= 15 is 0 Å². The average molecular weight is 1270 g/mol. The molecule has 0 aliphatic heterocycles. The summed E-state index contributed by atoms with van der Waals surface area (Å²) < 4.78 is 9.00. The smallest absolute Gasteiger partial charge is 0.100 e. The summed E-state index contributed by atoms with van der Waals surface area (Å²) in [6.07, 6.45) is 0. The maximum Gasteiger partial charge on any atom is 0.100 e. The van der Waals surface area contributed by atoms with Crippen molar-refractivity contribution in [2.45, 2.75) is 13.8 Å². The van der Waals surface area contributed by atoms with Gasteiger partial charge >= 0.3 is 0 Å². The third kappa shape index (κ3) is 8.95. The average Bonchev–Trinajstić information content (AvgIpc) is 0.863. The Labute approximate surface area is 574 Å². The third-order valence-corrected chi connectivity index (χ3v) is 20.0. The summed E-state index contributed by atoms with van der Waals surface area (Å²) in [6, 6.07) is 108. The van der Waals surface area contributed by atoms with E-state index in [1.807, 2.05) is 128 Å². The standard InChI is InChI=1S/C90H52N10/c1-54-19-40-68(55(2)96-54)90-87(61-26-34-65(35-27-61)98-79-16-8-4-12-70(79)74-46-57(50-92)21-42-83(74)98)77(53-95)86(60-24-32-64(33-25-60)97-78-15-7-3-11-69(78)73-45-56(49-91)20-41-82(73)97)88(62-28-36-66(37-29-62)99-80-17-9-5-13-71(80)75-47-58(51-93)22-43-84(75)99)89(90)63-30-38-67(39-31-63)100-81-18-10-6-14-72(81)76-48-59(52-94)23-44-85(76)100/h3-48H,1-2H3. The molecule has 18 rings (SSSR count). The predicted molar refractivity (Wildman–Crippen MR) is 402 cm³/mol. The van der Waals surface area contributed by atoms with Crippen LogP contribution in [-0.2, 0) is 0 Å². The van der Waals surface area contributed by atoms with Gasteiger partial charge in [-0.1, -0.05) is 127 Å². The molecule has 0 spiro atoms. The Kier molecular flexibility index (Phi) is 13.4. The Hall–Kier alpha value is -14.3. The highest BCUT2D eigenvalue weighted by Crippen LogP contribution is 2.54. The van der Waals surface area contributed by atoms with Crippen LogP contribution in [0.5, 0.6) is 0 Å². The summed E-state index contributed by atoms with van der Waals surface area (Å²) in [4.78, 5) is 5.21. The summed E-state index contributed by atoms with van der Waals surface area (Å²) in [5, 5.41) is 61.0. The van der Waals surface area contributed by atoms with Crippen LogP contribution in [0.3, 0.4) is 0 Å². The van der Waals surface area contributed by atoms with E-state index in [1.54, 1.807) is 0 Å². The summed E-state index contributed by atoms with van der Waals surface area (Å²) in [5.41, 5.74) is 24.3. The van der Waals surface area contributed by atoms with Gasteiger partial charge in [-0.25, -0.2) is 0 Å². The molecular formula is C90H52N10. The molecule has 10 nitrogen and oxygen atoms in total. The molecule has 0 saturated heterocycles. The molecule has 0 aliphatic carbocycles. The minimum absolute atomic E-state index is 0.467. The molecule has 0 fully saturated rings. The van der Waals surface area contributed by atoms with Gasteiger partial charge in [0.1, 0.15) is 6.07 Å². The fourth-order valence-electron chi connectivity index (χ4n) is 15.6. The topological polar surface area (TPSA) is 152 Å². The molecule has 100 heavy (non-hydrogen) atoms. The highest BCUT2D eigenvalue weighted by atomic mass is 15.0. The number of benzene rings is 13. The van der Waals surface area contributed by atoms with Crippen molar-refractivity contribution in [2.75, 3.05) is 0 Å². The fraction of sp³-hybridized carbons (Fsp3) is 0.0222. The van der Waals surface area contributed by atoms with Crippen LogP contribution in [0.1, 0.15) is 39.2 Å². The number of hydrogen-bond acceptors (Lipinski definition) is 6. The second-order valence-corrected chi connectivity index (χ2v) is 25.4. The summed E-state index contributed by atoms with van der Waals surface area (Å²) in [7, 11) is 0. The molecule has 462 valence electrons. The van der Waals surface area contributed by atoms with E-state index in [1.165, 1.54) is 0 Å². The number of rotatable bonds is 9. The van der Waals surface area contributed by atoms with Gasteiger partial charge in [0.15, 0.2) is 0 Å². The third-order valence-electron chi connectivity index (χ3n) is 20.0. The van der Waals surface area contributed by atoms with Gasteiger partial charge in [0.2, 0.25) is 0 Å². The second-order valence-electron chi connectivity index (χ2n) is 25.4. The molecule has 5 heterocycles. The molecule has 0 N–H and O–H groups in total. The zero-order chi connectivity index (χ0) is 67.4. The molecule has 0 bridgehead atoms. The highest BCUT2D eigenvalue weighted by Gasteiger charge is 2.31. The van der Waals surface area contributed by atoms with Crippen molar-refractivity contribution >= 4 is 87.2 Å². The monoisotopic (exact) mass is 1270 g/mol. The van der Waals surface area contributed by atoms with E-state index < -0.39 is 0 Å². The Morgan fingerprint density at radius 2 is 0.520 bits per heavy atom. The number of nitriles is 5. The zero-order valence-corrected chi connectivity index (χ0v) is 54.0. The van der Waals surface area contributed by atoms with Gasteiger partial charge in [0.05, 0.1) is 96.2 Å². The van der Waals surface area contributed by atoms with E-state index in [2.05, 4.69) is 213 Å². The number of aryl methyl sites for hydroxylation is 2. The zero-order valence-electron chi connectivity index (χ0n) is 54.0. The van der Waals surface area contributed by atoms with Crippen molar-refractivity contribution in [3.05, 3.63) is 318 Å². The van der Waals surface area contributed by atoms with Crippen LogP contribution >= 0.6 is 0 Å². The maximum absolute atomic E-state index is 12.6. The molecular weight excluding hydrogens is 1220 g/mol. The van der Waals surface area contributed by atoms with E-state index in [-0.39, 0.29) is 0 Å². The number of nitrogens with zero attached hydrogens (tertiary/aromatic N) is 10. The molecule has 0 unspecified atom stereocenters. The van der Waals surface area contributed by atoms with E-state index in [0.29, 0.717) is 27.8 Å². The molecule has 0 amide bonds. The quantitative estimate of drug-likeness (QED) is 0.140. The van der Waals surface area contributed by atoms with Crippen molar-refractivity contribution < 1.29 is 0 Å². The van der Waals surface area contributed by atoms with Crippen LogP contribution < -0.4 is 0 Å². The molecule has 0 saturated carbocycles. The van der Waals surface area contributed by atoms with Gasteiger partial charge in [0, 0.05) is 99.5 Å². The van der Waals surface area contributed by atoms with Crippen molar-refractivity contribution in [1.29, 1.82) is 26.3 Å². The van der Waals surface area contributed by atoms with Gasteiger partial charge in [-0.15, -0.1) is 0 Å². The Balaban J connectivity index is 0.943. The summed E-state index contributed by atoms with van der Waals surface area (Å²) >= 11 is 0. The first-order valence-electron chi connectivity index (χ1n) is 33.0. The van der Waals surface area contributed by atoms with Crippen molar-refractivity contribution in [3.8, 4) is 109 Å². The minimum atomic E-state index is 0.467. The van der Waals surface area contributed by atoms with Crippen LogP contribution in [-0.4, -0.2) is 23.3 Å². The number of aromatic nitrogens is 5. The Bertz CT molecular complexity index is 6760. The van der Waals surface area contributed by atoms with Crippen LogP contribution in [0.2, 0.25) is 0 Å². The van der Waals surface area contributed by atoms with E-state index in [9.17, 15) is 26.3 Å². The van der Waals surface area contributed by atoms with Gasteiger partial charge in [-0.2, -0.15) is 26.3 Å². The molecule has 5 aromatic heterocycles. The van der Waals surface area contributed by atoms with Gasteiger partial charge in [-0.05, 0) is 199 Å². The van der Waals surface area contributed by atoms with E-state index in [0.717, 1.165) is 177 Å². The number of pyridine rings is 1. The minimum Gasteiger partial charge on any atom is -0.309 e. The van der Waals surface area contributed by atoms with E-state index in [4.69, 9.17) is 4.98 Å². The van der Waals surface area contributed by atoms with Crippen molar-refractivity contribution in [1.82, 2.24) is 23.3 Å². The van der Waals surface area contributed by atoms with Crippen LogP contribution in [0, 0.1) is 70.5 Å². The lowest BCUT2D eigenvalue weighted by atomic mass is 9.75. The molecule has 10 heteroatoms.